The molecule has 0 aromatic rings. The van der Waals surface area contributed by atoms with Crippen molar-refractivity contribution in [1.82, 2.24) is 0 Å². The van der Waals surface area contributed by atoms with Gasteiger partial charge in [0, 0.05) is 0 Å². The van der Waals surface area contributed by atoms with Crippen LogP contribution in [0.3, 0.4) is 0 Å². The zero-order valence-electron chi connectivity index (χ0n) is 9.27. The van der Waals surface area contributed by atoms with Crippen LogP contribution in [0.2, 0.25) is 0 Å². The van der Waals surface area contributed by atoms with Gasteiger partial charge in [0.25, 0.3) is 0 Å². The first kappa shape index (κ1) is 12.2. The van der Waals surface area contributed by atoms with Gasteiger partial charge in [0.05, 0.1) is 0 Å². The Labute approximate surface area is 83.0 Å². The zero-order chi connectivity index (χ0) is 10.1. The van der Waals surface area contributed by atoms with Crippen molar-refractivity contribution in [2.24, 2.45) is 0 Å². The van der Waals surface area contributed by atoms with Gasteiger partial charge in [0.1, 0.15) is 0 Å². The van der Waals surface area contributed by atoms with Crippen LogP contribution in [-0.4, -0.2) is 0 Å². The normalized spacial score (nSPS) is 11.2. The lowest BCUT2D eigenvalue weighted by Crippen LogP contribution is -1.80. The second kappa shape index (κ2) is 7.85. The Morgan fingerprint density at radius 2 is 1.85 bits per heavy atom. The Morgan fingerprint density at radius 3 is 2.31 bits per heavy atom. The Bertz CT molecular complexity index is 190. The predicted molar refractivity (Wildman–Crippen MR) is 61.9 cm³/mol. The van der Waals surface area contributed by atoms with Crippen molar-refractivity contribution >= 4 is 0 Å². The maximum atomic E-state index is 3.72. The molecule has 0 radical (unpaired) electrons. The van der Waals surface area contributed by atoms with E-state index in [0.29, 0.717) is 0 Å². The van der Waals surface area contributed by atoms with E-state index in [2.05, 4.69) is 39.5 Å². The monoisotopic (exact) mass is 178 g/mol. The van der Waals surface area contributed by atoms with Gasteiger partial charge >= 0.3 is 0 Å². The summed E-state index contributed by atoms with van der Waals surface area (Å²) in [5, 5.41) is 0. The van der Waals surface area contributed by atoms with Crippen molar-refractivity contribution in [1.29, 1.82) is 0 Å². The largest absolute Gasteiger partial charge is 0.103 e. The molecule has 0 bridgehead atoms. The summed E-state index contributed by atoms with van der Waals surface area (Å²) in [6, 6.07) is 0. The van der Waals surface area contributed by atoms with Crippen molar-refractivity contribution in [3.8, 4) is 0 Å². The van der Waals surface area contributed by atoms with Crippen LogP contribution in [0.5, 0.6) is 0 Å². The molecule has 0 heteroatoms. The SMILES string of the molecule is C=CCCC=C(CC)CC=C(C)C. The first-order valence-electron chi connectivity index (χ1n) is 5.12. The summed E-state index contributed by atoms with van der Waals surface area (Å²) >= 11 is 0. The molecule has 0 heterocycles. The first-order valence-corrected chi connectivity index (χ1v) is 5.12. The molecule has 0 amide bonds. The maximum absolute atomic E-state index is 3.72. The van der Waals surface area contributed by atoms with Crippen molar-refractivity contribution in [3.63, 3.8) is 0 Å². The predicted octanol–water partition coefficient (Wildman–Crippen LogP) is 4.65. The van der Waals surface area contributed by atoms with Crippen LogP contribution in [-0.2, 0) is 0 Å². The number of rotatable bonds is 6. The Kier molecular flexibility index (Phi) is 7.38. The summed E-state index contributed by atoms with van der Waals surface area (Å²) in [5.74, 6) is 0. The molecule has 0 unspecified atom stereocenters. The third-order valence-corrected chi connectivity index (χ3v) is 2.03. The number of allylic oxidation sites excluding steroid dienone is 5. The summed E-state index contributed by atoms with van der Waals surface area (Å²) in [7, 11) is 0. The second-order valence-corrected chi connectivity index (χ2v) is 3.57. The molecule has 0 aromatic heterocycles. The fraction of sp³-hybridized carbons (Fsp3) is 0.538. The highest BCUT2D eigenvalue weighted by atomic mass is 14.0. The third-order valence-electron chi connectivity index (χ3n) is 2.03. The van der Waals surface area contributed by atoms with E-state index in [0.717, 1.165) is 19.3 Å². The van der Waals surface area contributed by atoms with E-state index in [4.69, 9.17) is 0 Å². The molecule has 0 aliphatic heterocycles. The lowest BCUT2D eigenvalue weighted by molar-refractivity contribution is 0.963. The lowest BCUT2D eigenvalue weighted by Gasteiger charge is -2.00. The minimum Gasteiger partial charge on any atom is -0.103 e. The fourth-order valence-corrected chi connectivity index (χ4v) is 1.11. The standard InChI is InChI=1S/C13H22/c1-5-7-8-9-13(6-2)11-10-12(3)4/h5,9-10H,1,6-8,11H2,2-4H3. The molecule has 0 aromatic carbocycles. The van der Waals surface area contributed by atoms with Gasteiger partial charge < -0.3 is 0 Å². The molecule has 0 atom stereocenters. The quantitative estimate of drug-likeness (QED) is 0.410. The fourth-order valence-electron chi connectivity index (χ4n) is 1.11. The third kappa shape index (κ3) is 7.58. The Hall–Kier alpha value is -0.780. The highest BCUT2D eigenvalue weighted by Crippen LogP contribution is 2.11. The van der Waals surface area contributed by atoms with Gasteiger partial charge in [-0.05, 0) is 39.5 Å². The van der Waals surface area contributed by atoms with E-state index >= 15 is 0 Å². The smallest absolute Gasteiger partial charge is 0.0136 e. The average molecular weight is 178 g/mol. The van der Waals surface area contributed by atoms with Crippen LogP contribution in [0, 0.1) is 0 Å². The van der Waals surface area contributed by atoms with Gasteiger partial charge in [-0.15, -0.1) is 6.58 Å². The van der Waals surface area contributed by atoms with Crippen LogP contribution >= 0.6 is 0 Å². The zero-order valence-corrected chi connectivity index (χ0v) is 9.27. The first-order chi connectivity index (χ1) is 6.20. The molecule has 0 N–H and O–H groups in total. The van der Waals surface area contributed by atoms with Gasteiger partial charge in [-0.3, -0.25) is 0 Å². The van der Waals surface area contributed by atoms with Crippen molar-refractivity contribution in [2.45, 2.75) is 46.5 Å². The van der Waals surface area contributed by atoms with Gasteiger partial charge in [-0.25, -0.2) is 0 Å². The number of hydrogen-bond donors (Lipinski definition) is 0. The van der Waals surface area contributed by atoms with E-state index < -0.39 is 0 Å². The summed E-state index contributed by atoms with van der Waals surface area (Å²) in [6.45, 7) is 10.2. The molecule has 0 fully saturated rings. The van der Waals surface area contributed by atoms with Crippen molar-refractivity contribution in [2.75, 3.05) is 0 Å². The molecule has 0 aliphatic carbocycles. The Balaban J connectivity index is 3.93. The summed E-state index contributed by atoms with van der Waals surface area (Å²) < 4.78 is 0. The second-order valence-electron chi connectivity index (χ2n) is 3.57. The molecule has 0 nitrogen and oxygen atoms in total. The van der Waals surface area contributed by atoms with Crippen LogP contribution in [0.25, 0.3) is 0 Å². The molecule has 0 aliphatic rings. The summed E-state index contributed by atoms with van der Waals surface area (Å²) in [5.41, 5.74) is 2.95. The van der Waals surface area contributed by atoms with Crippen molar-refractivity contribution < 1.29 is 0 Å². The van der Waals surface area contributed by atoms with Gasteiger partial charge in [-0.2, -0.15) is 0 Å². The molecule has 0 saturated carbocycles. The van der Waals surface area contributed by atoms with Gasteiger partial charge in [0.15, 0.2) is 0 Å². The van der Waals surface area contributed by atoms with E-state index in [1.54, 1.807) is 5.57 Å². The van der Waals surface area contributed by atoms with Crippen LogP contribution < -0.4 is 0 Å². The molecule has 74 valence electrons. The van der Waals surface area contributed by atoms with Gasteiger partial charge in [-0.1, -0.05) is 36.3 Å². The molecule has 0 saturated heterocycles. The summed E-state index contributed by atoms with van der Waals surface area (Å²) in [4.78, 5) is 0. The topological polar surface area (TPSA) is 0 Å². The average Bonchev–Trinajstić information content (AvgIpc) is 2.10. The van der Waals surface area contributed by atoms with E-state index in [9.17, 15) is 0 Å². The maximum Gasteiger partial charge on any atom is -0.0136 e. The van der Waals surface area contributed by atoms with Crippen LogP contribution in [0.4, 0.5) is 0 Å². The molecule has 0 rings (SSSR count). The Morgan fingerprint density at radius 1 is 1.15 bits per heavy atom. The number of hydrogen-bond acceptors (Lipinski definition) is 0. The van der Waals surface area contributed by atoms with Crippen molar-refractivity contribution in [3.05, 3.63) is 36.0 Å². The van der Waals surface area contributed by atoms with Gasteiger partial charge in [0.2, 0.25) is 0 Å². The molecule has 13 heavy (non-hydrogen) atoms. The number of unbranched alkanes of at least 4 members (excludes halogenated alkanes) is 1. The molecule has 0 spiro atoms. The minimum absolute atomic E-state index is 1.10. The van der Waals surface area contributed by atoms with Crippen LogP contribution in [0.1, 0.15) is 46.5 Å². The minimum atomic E-state index is 1.10. The lowest BCUT2D eigenvalue weighted by atomic mass is 10.1. The van der Waals surface area contributed by atoms with E-state index in [1.807, 2.05) is 6.08 Å². The summed E-state index contributed by atoms with van der Waals surface area (Å²) in [6.07, 6.45) is 11.1. The van der Waals surface area contributed by atoms with E-state index in [1.165, 1.54) is 12.0 Å². The van der Waals surface area contributed by atoms with Crippen LogP contribution in [0.15, 0.2) is 36.0 Å². The van der Waals surface area contributed by atoms with E-state index in [-0.39, 0.29) is 0 Å². The highest BCUT2D eigenvalue weighted by molar-refractivity contribution is 5.09. The molecular formula is C13H22. The highest BCUT2D eigenvalue weighted by Gasteiger charge is 1.90. The molecular weight excluding hydrogens is 156 g/mol.